The van der Waals surface area contributed by atoms with Gasteiger partial charge in [0.15, 0.2) is 0 Å². The molecule has 4 nitrogen and oxygen atoms in total. The van der Waals surface area contributed by atoms with E-state index < -0.39 is 0 Å². The number of hydrogen-bond donors (Lipinski definition) is 0. The molecular formula is C22H26N2O2. The van der Waals surface area contributed by atoms with Crippen LogP contribution in [0.15, 0.2) is 54.6 Å². The zero-order chi connectivity index (χ0) is 17.9. The zero-order valence-corrected chi connectivity index (χ0v) is 15.3. The molecule has 1 unspecified atom stereocenters. The second kappa shape index (κ2) is 7.50. The summed E-state index contributed by atoms with van der Waals surface area (Å²) in [4.78, 5) is 17.7. The highest BCUT2D eigenvalue weighted by molar-refractivity contribution is 5.79. The van der Waals surface area contributed by atoms with Crippen LogP contribution < -0.4 is 4.74 Å². The Hall–Kier alpha value is -2.33. The largest absolute Gasteiger partial charge is 0.497 e. The van der Waals surface area contributed by atoms with Gasteiger partial charge in [-0.3, -0.25) is 9.69 Å². The quantitative estimate of drug-likeness (QED) is 0.830. The predicted molar refractivity (Wildman–Crippen MR) is 102 cm³/mol. The molecule has 4 rings (SSSR count). The summed E-state index contributed by atoms with van der Waals surface area (Å²) in [5, 5.41) is 0. The third-order valence-corrected chi connectivity index (χ3v) is 5.49. The molecule has 1 aliphatic carbocycles. The average molecular weight is 350 g/mol. The summed E-state index contributed by atoms with van der Waals surface area (Å²) in [6, 6.07) is 19.2. The fourth-order valence-electron chi connectivity index (χ4n) is 3.85. The fourth-order valence-corrected chi connectivity index (χ4v) is 3.85. The average Bonchev–Trinajstić information content (AvgIpc) is 3.54. The van der Waals surface area contributed by atoms with Gasteiger partial charge < -0.3 is 9.64 Å². The Bertz CT molecular complexity index is 740. The summed E-state index contributed by atoms with van der Waals surface area (Å²) in [5.74, 6) is 1.03. The van der Waals surface area contributed by atoms with E-state index in [0.29, 0.717) is 6.42 Å². The summed E-state index contributed by atoms with van der Waals surface area (Å²) in [6.07, 6.45) is 3.05. The Morgan fingerprint density at radius 1 is 1.04 bits per heavy atom. The smallest absolute Gasteiger partial charge is 0.227 e. The monoisotopic (exact) mass is 350 g/mol. The van der Waals surface area contributed by atoms with E-state index >= 15 is 0 Å². The lowest BCUT2D eigenvalue weighted by Crippen LogP contribution is -2.51. The van der Waals surface area contributed by atoms with Gasteiger partial charge in [-0.25, -0.2) is 0 Å². The van der Waals surface area contributed by atoms with Crippen LogP contribution in [0, 0.1) is 0 Å². The van der Waals surface area contributed by atoms with Crippen molar-refractivity contribution < 1.29 is 9.53 Å². The Morgan fingerprint density at radius 3 is 2.42 bits per heavy atom. The molecule has 4 heteroatoms. The first kappa shape index (κ1) is 17.1. The van der Waals surface area contributed by atoms with Gasteiger partial charge in [0, 0.05) is 25.7 Å². The summed E-state index contributed by atoms with van der Waals surface area (Å²) in [5.41, 5.74) is 2.27. The summed E-state index contributed by atoms with van der Waals surface area (Å²) >= 11 is 0. The Morgan fingerprint density at radius 2 is 1.77 bits per heavy atom. The molecule has 1 aliphatic heterocycles. The molecule has 0 N–H and O–H groups in total. The number of methoxy groups -OCH3 is 1. The molecule has 1 saturated carbocycles. The van der Waals surface area contributed by atoms with E-state index in [1.165, 1.54) is 18.4 Å². The van der Waals surface area contributed by atoms with Crippen molar-refractivity contribution in [1.29, 1.82) is 0 Å². The van der Waals surface area contributed by atoms with Crippen LogP contribution in [0.3, 0.4) is 0 Å². The highest BCUT2D eigenvalue weighted by Gasteiger charge is 2.37. The molecule has 2 aliphatic rings. The lowest BCUT2D eigenvalue weighted by molar-refractivity contribution is -0.135. The van der Waals surface area contributed by atoms with Crippen molar-refractivity contribution in [3.63, 3.8) is 0 Å². The van der Waals surface area contributed by atoms with Crippen molar-refractivity contribution in [1.82, 2.24) is 9.80 Å². The molecule has 2 aromatic carbocycles. The number of hydrogen-bond acceptors (Lipinski definition) is 3. The highest BCUT2D eigenvalue weighted by atomic mass is 16.5. The second-order valence-electron chi connectivity index (χ2n) is 7.26. The highest BCUT2D eigenvalue weighted by Crippen LogP contribution is 2.33. The van der Waals surface area contributed by atoms with Crippen molar-refractivity contribution in [2.75, 3.05) is 26.7 Å². The van der Waals surface area contributed by atoms with E-state index in [2.05, 4.69) is 34.1 Å². The van der Waals surface area contributed by atoms with Crippen LogP contribution in [-0.2, 0) is 11.2 Å². The van der Waals surface area contributed by atoms with Crippen LogP contribution in [0.2, 0.25) is 0 Å². The first-order valence-electron chi connectivity index (χ1n) is 9.46. The van der Waals surface area contributed by atoms with Gasteiger partial charge in [0.25, 0.3) is 0 Å². The van der Waals surface area contributed by atoms with E-state index in [9.17, 15) is 4.79 Å². The number of rotatable bonds is 5. The lowest BCUT2D eigenvalue weighted by Gasteiger charge is -2.42. The summed E-state index contributed by atoms with van der Waals surface area (Å²) in [7, 11) is 1.66. The predicted octanol–water partition coefficient (Wildman–Crippen LogP) is 3.29. The van der Waals surface area contributed by atoms with E-state index in [-0.39, 0.29) is 11.9 Å². The first-order valence-corrected chi connectivity index (χ1v) is 9.46. The standard InChI is InChI=1S/C22H26N2O2/c1-26-20-11-7-17(8-12-20)15-22(25)24-14-13-23(19-9-10-19)16-21(24)18-5-3-2-4-6-18/h2-8,11-12,19,21H,9-10,13-16H2,1H3. The van der Waals surface area contributed by atoms with Crippen molar-refractivity contribution >= 4 is 5.91 Å². The van der Waals surface area contributed by atoms with Gasteiger partial charge in [0.1, 0.15) is 5.75 Å². The van der Waals surface area contributed by atoms with Gasteiger partial charge in [0.05, 0.1) is 19.6 Å². The van der Waals surface area contributed by atoms with Crippen LogP contribution in [0.25, 0.3) is 0 Å². The second-order valence-corrected chi connectivity index (χ2v) is 7.26. The van der Waals surface area contributed by atoms with Crippen molar-refractivity contribution in [3.05, 3.63) is 65.7 Å². The third kappa shape index (κ3) is 3.75. The molecule has 0 aromatic heterocycles. The minimum atomic E-state index is 0.149. The minimum absolute atomic E-state index is 0.149. The maximum absolute atomic E-state index is 13.1. The lowest BCUT2D eigenvalue weighted by atomic mass is 10.0. The molecule has 2 fully saturated rings. The van der Waals surface area contributed by atoms with Crippen LogP contribution in [-0.4, -0.2) is 48.5 Å². The number of amides is 1. The number of piperazine rings is 1. The van der Waals surface area contributed by atoms with Crippen LogP contribution >= 0.6 is 0 Å². The molecule has 1 heterocycles. The summed E-state index contributed by atoms with van der Waals surface area (Å²) in [6.45, 7) is 2.75. The number of nitrogens with zero attached hydrogens (tertiary/aromatic N) is 2. The topological polar surface area (TPSA) is 32.8 Å². The van der Waals surface area contributed by atoms with Crippen molar-refractivity contribution in [2.45, 2.75) is 31.3 Å². The zero-order valence-electron chi connectivity index (χ0n) is 15.3. The maximum atomic E-state index is 13.1. The number of carbonyl (C=O) groups is 1. The van der Waals surface area contributed by atoms with Crippen molar-refractivity contribution in [3.8, 4) is 5.75 Å². The SMILES string of the molecule is COc1ccc(CC(=O)N2CCN(C3CC3)CC2c2ccccc2)cc1. The molecule has 1 amide bonds. The molecular weight excluding hydrogens is 324 g/mol. The molecule has 1 saturated heterocycles. The van der Waals surface area contributed by atoms with E-state index in [1.807, 2.05) is 30.3 Å². The summed E-state index contributed by atoms with van der Waals surface area (Å²) < 4.78 is 5.20. The van der Waals surface area contributed by atoms with Crippen LogP contribution in [0.1, 0.15) is 30.0 Å². The molecule has 2 aromatic rings. The molecule has 0 bridgehead atoms. The van der Waals surface area contributed by atoms with E-state index in [1.54, 1.807) is 7.11 Å². The van der Waals surface area contributed by atoms with Crippen molar-refractivity contribution in [2.24, 2.45) is 0 Å². The number of benzene rings is 2. The van der Waals surface area contributed by atoms with Gasteiger partial charge in [-0.15, -0.1) is 0 Å². The third-order valence-electron chi connectivity index (χ3n) is 5.49. The van der Waals surface area contributed by atoms with E-state index in [4.69, 9.17) is 4.74 Å². The minimum Gasteiger partial charge on any atom is -0.497 e. The van der Waals surface area contributed by atoms with Crippen LogP contribution in [0.4, 0.5) is 0 Å². The first-order chi connectivity index (χ1) is 12.7. The van der Waals surface area contributed by atoms with Crippen LogP contribution in [0.5, 0.6) is 5.75 Å². The Kier molecular flexibility index (Phi) is 4.93. The Balaban J connectivity index is 1.51. The number of carbonyl (C=O) groups excluding carboxylic acids is 1. The normalized spacial score (nSPS) is 20.8. The molecule has 26 heavy (non-hydrogen) atoms. The molecule has 1 atom stereocenters. The molecule has 136 valence electrons. The van der Waals surface area contributed by atoms with Gasteiger partial charge >= 0.3 is 0 Å². The molecule has 0 radical (unpaired) electrons. The fraction of sp³-hybridized carbons (Fsp3) is 0.409. The number of ether oxygens (including phenoxy) is 1. The van der Waals surface area contributed by atoms with Gasteiger partial charge in [-0.2, -0.15) is 0 Å². The van der Waals surface area contributed by atoms with Gasteiger partial charge in [-0.05, 0) is 36.1 Å². The Labute approximate surface area is 155 Å². The van der Waals surface area contributed by atoms with Gasteiger partial charge in [-0.1, -0.05) is 42.5 Å². The van der Waals surface area contributed by atoms with Gasteiger partial charge in [0.2, 0.25) is 5.91 Å². The van der Waals surface area contributed by atoms with E-state index in [0.717, 1.165) is 37.0 Å². The molecule has 0 spiro atoms. The maximum Gasteiger partial charge on any atom is 0.227 e.